The van der Waals surface area contributed by atoms with E-state index in [4.69, 9.17) is 9.47 Å². The first-order valence-electron chi connectivity index (χ1n) is 21.2. The smallest absolute Gasteiger partial charge is 0.331 e. The highest BCUT2D eigenvalue weighted by atomic mass is 16.6. The van der Waals surface area contributed by atoms with Gasteiger partial charge in [-0.3, -0.25) is 49.2 Å². The quantitative estimate of drug-likeness (QED) is 0.112. The predicted molar refractivity (Wildman–Crippen MR) is 209 cm³/mol. The lowest BCUT2D eigenvalue weighted by Gasteiger charge is -2.48. The molecular weight excluding hydrogens is 788 g/mol. The Balaban J connectivity index is 1.76. The van der Waals surface area contributed by atoms with Gasteiger partial charge in [0.15, 0.2) is 11.6 Å². The molecule has 60 heavy (non-hydrogen) atoms. The number of fused-ring (bicyclic) bond motifs is 2. The maximum absolute atomic E-state index is 14.8. The van der Waals surface area contributed by atoms with E-state index < -0.39 is 108 Å². The summed E-state index contributed by atoms with van der Waals surface area (Å²) in [6.45, 7) is 12.2. The van der Waals surface area contributed by atoms with Crippen molar-refractivity contribution in [3.63, 3.8) is 0 Å². The monoisotopic (exact) mass is 854 g/mol. The molecule has 4 aliphatic heterocycles. The fraction of sp³-hybridized carbons (Fsp3) is 0.821. The van der Waals surface area contributed by atoms with Crippen molar-refractivity contribution in [3.05, 3.63) is 0 Å². The summed E-state index contributed by atoms with van der Waals surface area (Å²) in [6, 6.07) is -8.05. The van der Waals surface area contributed by atoms with Gasteiger partial charge in [-0.2, -0.15) is 0 Å². The number of aliphatic hydroxyl groups is 2. The first-order valence-corrected chi connectivity index (χ1v) is 21.2. The average Bonchev–Trinajstić information content (AvgIpc) is 3.23. The molecule has 0 aromatic rings. The minimum Gasteiger partial charge on any atom is -0.458 e. The van der Waals surface area contributed by atoms with Gasteiger partial charge in [0, 0.05) is 19.5 Å². The van der Waals surface area contributed by atoms with Crippen molar-refractivity contribution in [1.29, 1.82) is 0 Å². The Hall–Kier alpha value is -3.99. The number of nitrogens with zero attached hydrogens (tertiary/aromatic N) is 4. The summed E-state index contributed by atoms with van der Waals surface area (Å²) in [6.07, 6.45) is 1.09. The molecule has 0 aliphatic carbocycles. The lowest BCUT2D eigenvalue weighted by Crippen LogP contribution is -2.70. The Morgan fingerprint density at radius 1 is 0.900 bits per heavy atom. The molecule has 4 aliphatic rings. The third-order valence-electron chi connectivity index (χ3n) is 12.1. The van der Waals surface area contributed by atoms with Crippen LogP contribution in [0.4, 0.5) is 0 Å². The SMILES string of the molecule is CCC1OC(O)(C(C)(O)C(=O)NC2C(=O)N3NCCCC3C(=O)N(O)C(C)C(=O)NCC(=O)N3NCCCC3C(=O)N(O)C(C)C(=O)OC2C(C)C)CCC1CCC(C)C. The van der Waals surface area contributed by atoms with Crippen molar-refractivity contribution >= 4 is 41.4 Å². The second-order valence-corrected chi connectivity index (χ2v) is 17.3. The minimum absolute atomic E-state index is 0.0312. The van der Waals surface area contributed by atoms with Crippen LogP contribution in [0.15, 0.2) is 0 Å². The molecule has 6 amide bonds. The van der Waals surface area contributed by atoms with Crippen molar-refractivity contribution in [2.45, 2.75) is 167 Å². The summed E-state index contributed by atoms with van der Waals surface area (Å²) in [5.41, 5.74) is 2.86. The van der Waals surface area contributed by atoms with Crippen molar-refractivity contribution in [1.82, 2.24) is 41.6 Å². The highest BCUT2D eigenvalue weighted by Crippen LogP contribution is 2.41. The topological polar surface area (TPSA) is 280 Å². The van der Waals surface area contributed by atoms with Crippen LogP contribution in [-0.4, -0.2) is 156 Å². The number of carbonyl (C=O) groups excluding carboxylic acids is 7. The fourth-order valence-corrected chi connectivity index (χ4v) is 8.06. The van der Waals surface area contributed by atoms with Crippen LogP contribution in [0.2, 0.25) is 0 Å². The number of cyclic esters (lactones) is 1. The van der Waals surface area contributed by atoms with Crippen LogP contribution in [-0.2, 0) is 43.0 Å². The summed E-state index contributed by atoms with van der Waals surface area (Å²) in [5.74, 6) is -10.3. The zero-order valence-electron chi connectivity index (χ0n) is 36.0. The Kier molecular flexibility index (Phi) is 16.4. The Morgan fingerprint density at radius 2 is 1.47 bits per heavy atom. The first-order chi connectivity index (χ1) is 28.1. The number of hydrazine groups is 2. The lowest BCUT2D eigenvalue weighted by atomic mass is 9.79. The summed E-state index contributed by atoms with van der Waals surface area (Å²) in [4.78, 5) is 97.0. The standard InChI is InChI=1S/C39H66N8O13/c1-9-28-25(15-14-21(2)3)16-17-39(56,60-28)38(8,55)37(54)43-30-31(22(4)5)59-36(53)24(7)47(58)33(50)26-12-10-18-41-44(26)29(48)20-40-32(49)23(6)46(57)34(51)27-13-11-19-42-45(27)35(30)52/h21-28,30-31,41-42,55-58H,9-20H2,1-8H3,(H,40,49)(H,43,54). The van der Waals surface area contributed by atoms with Crippen LogP contribution in [0.25, 0.3) is 0 Å². The summed E-state index contributed by atoms with van der Waals surface area (Å²) < 4.78 is 11.9. The summed E-state index contributed by atoms with van der Waals surface area (Å²) >= 11 is 0. The number of amides is 6. The molecule has 10 atom stereocenters. The van der Waals surface area contributed by atoms with Crippen LogP contribution in [0.1, 0.15) is 113 Å². The molecule has 0 saturated carbocycles. The zero-order chi connectivity index (χ0) is 44.9. The van der Waals surface area contributed by atoms with Gasteiger partial charge in [-0.25, -0.2) is 25.8 Å². The number of hydrogen-bond donors (Lipinski definition) is 8. The number of hydrogen-bond acceptors (Lipinski definition) is 15. The maximum atomic E-state index is 14.8. The second kappa shape index (κ2) is 20.3. The van der Waals surface area contributed by atoms with E-state index >= 15 is 0 Å². The lowest BCUT2D eigenvalue weighted by molar-refractivity contribution is -0.328. The van der Waals surface area contributed by atoms with Crippen molar-refractivity contribution < 1.29 is 63.7 Å². The van der Waals surface area contributed by atoms with Crippen LogP contribution >= 0.6 is 0 Å². The van der Waals surface area contributed by atoms with E-state index in [0.717, 1.165) is 36.7 Å². The molecule has 4 saturated heterocycles. The second-order valence-electron chi connectivity index (χ2n) is 17.3. The van der Waals surface area contributed by atoms with Gasteiger partial charge in [-0.1, -0.05) is 41.0 Å². The molecule has 340 valence electrons. The van der Waals surface area contributed by atoms with Gasteiger partial charge in [0.2, 0.25) is 11.7 Å². The van der Waals surface area contributed by atoms with E-state index in [1.807, 2.05) is 6.92 Å². The van der Waals surface area contributed by atoms with Gasteiger partial charge < -0.3 is 30.3 Å². The molecule has 0 aromatic carbocycles. The fourth-order valence-electron chi connectivity index (χ4n) is 8.06. The molecule has 10 unspecified atom stereocenters. The third kappa shape index (κ3) is 10.5. The van der Waals surface area contributed by atoms with Gasteiger partial charge >= 0.3 is 5.97 Å². The third-order valence-corrected chi connectivity index (χ3v) is 12.1. The van der Waals surface area contributed by atoms with Crippen LogP contribution < -0.4 is 21.5 Å². The highest BCUT2D eigenvalue weighted by Gasteiger charge is 2.57. The minimum atomic E-state index is -2.70. The molecule has 0 bridgehead atoms. The Bertz CT molecular complexity index is 1600. The van der Waals surface area contributed by atoms with Crippen LogP contribution in [0.3, 0.4) is 0 Å². The molecular formula is C39H66N8O13. The number of carbonyl (C=O) groups is 7. The highest BCUT2D eigenvalue weighted by molar-refractivity contribution is 5.97. The number of hydroxylamine groups is 4. The van der Waals surface area contributed by atoms with Crippen molar-refractivity contribution in [3.8, 4) is 0 Å². The van der Waals surface area contributed by atoms with Gasteiger partial charge in [-0.15, -0.1) is 0 Å². The largest absolute Gasteiger partial charge is 0.458 e. The Morgan fingerprint density at radius 3 is 2.03 bits per heavy atom. The molecule has 8 N–H and O–H groups in total. The molecule has 0 radical (unpaired) electrons. The van der Waals surface area contributed by atoms with Gasteiger partial charge in [0.25, 0.3) is 29.5 Å². The van der Waals surface area contributed by atoms with E-state index in [2.05, 4.69) is 35.3 Å². The predicted octanol–water partition coefficient (Wildman–Crippen LogP) is -0.546. The maximum Gasteiger partial charge on any atom is 0.331 e. The average molecular weight is 855 g/mol. The van der Waals surface area contributed by atoms with Crippen LogP contribution in [0, 0.1) is 17.8 Å². The zero-order valence-corrected chi connectivity index (χ0v) is 36.0. The molecule has 4 rings (SSSR count). The normalized spacial score (nSPS) is 33.3. The number of nitrogens with one attached hydrogen (secondary N) is 4. The van der Waals surface area contributed by atoms with E-state index in [1.54, 1.807) is 13.8 Å². The van der Waals surface area contributed by atoms with E-state index in [0.29, 0.717) is 31.6 Å². The molecule has 21 heteroatoms. The van der Waals surface area contributed by atoms with Gasteiger partial charge in [0.05, 0.1) is 12.6 Å². The van der Waals surface area contributed by atoms with E-state index in [-0.39, 0.29) is 48.4 Å². The van der Waals surface area contributed by atoms with Gasteiger partial charge in [-0.05, 0) is 83.5 Å². The molecule has 4 heterocycles. The number of ether oxygens (including phenoxy) is 2. The van der Waals surface area contributed by atoms with E-state index in [9.17, 15) is 54.2 Å². The van der Waals surface area contributed by atoms with Crippen molar-refractivity contribution in [2.24, 2.45) is 17.8 Å². The molecule has 0 aromatic heterocycles. The number of esters is 1. The molecule has 4 fully saturated rings. The van der Waals surface area contributed by atoms with Gasteiger partial charge in [0.1, 0.15) is 30.3 Å². The summed E-state index contributed by atoms with van der Waals surface area (Å²) in [5, 5.41) is 52.7. The van der Waals surface area contributed by atoms with E-state index in [1.165, 1.54) is 6.92 Å². The Labute approximate surface area is 350 Å². The van der Waals surface area contributed by atoms with Crippen LogP contribution in [0.5, 0.6) is 0 Å². The molecule has 21 nitrogen and oxygen atoms in total. The van der Waals surface area contributed by atoms with Crippen molar-refractivity contribution in [2.75, 3.05) is 19.6 Å². The first kappa shape index (κ1) is 48.7. The molecule has 0 spiro atoms. The number of rotatable bonds is 8. The summed E-state index contributed by atoms with van der Waals surface area (Å²) in [7, 11) is 0.